The van der Waals surface area contributed by atoms with Crippen LogP contribution in [0, 0.1) is 5.82 Å². The molecule has 1 aromatic rings. The van der Waals surface area contributed by atoms with Gasteiger partial charge >= 0.3 is 0 Å². The van der Waals surface area contributed by atoms with E-state index in [4.69, 9.17) is 5.73 Å². The van der Waals surface area contributed by atoms with Crippen LogP contribution in [0.2, 0.25) is 0 Å². The molecule has 0 saturated carbocycles. The lowest BCUT2D eigenvalue weighted by atomic mass is 9.94. The number of benzene rings is 1. The van der Waals surface area contributed by atoms with E-state index in [1.165, 1.54) is 25.0 Å². The minimum atomic E-state index is -0.192. The van der Waals surface area contributed by atoms with E-state index in [9.17, 15) is 4.39 Å². The SMILES string of the molecule is CC(N)C(c1ccc(F)cc1)N1CCCC1(C)C. The molecule has 1 aliphatic heterocycles. The Labute approximate surface area is 109 Å². The first-order chi connectivity index (χ1) is 8.42. The van der Waals surface area contributed by atoms with Crippen molar-refractivity contribution in [1.82, 2.24) is 4.90 Å². The molecular formula is C15H23FN2. The number of halogens is 1. The summed E-state index contributed by atoms with van der Waals surface area (Å²) in [4.78, 5) is 2.46. The molecule has 0 amide bonds. The highest BCUT2D eigenvalue weighted by molar-refractivity contribution is 5.22. The third-order valence-electron chi connectivity index (χ3n) is 4.01. The van der Waals surface area contributed by atoms with Crippen LogP contribution in [0.3, 0.4) is 0 Å². The fourth-order valence-corrected chi connectivity index (χ4v) is 3.07. The van der Waals surface area contributed by atoms with Gasteiger partial charge in [0, 0.05) is 11.6 Å². The second kappa shape index (κ2) is 4.98. The van der Waals surface area contributed by atoms with Crippen molar-refractivity contribution in [1.29, 1.82) is 0 Å². The molecule has 2 N–H and O–H groups in total. The molecule has 0 aliphatic carbocycles. The van der Waals surface area contributed by atoms with E-state index in [-0.39, 0.29) is 23.4 Å². The molecule has 1 heterocycles. The normalized spacial score (nSPS) is 22.9. The van der Waals surface area contributed by atoms with Gasteiger partial charge in [0.2, 0.25) is 0 Å². The maximum atomic E-state index is 13.0. The Kier molecular flexibility index (Phi) is 3.74. The molecule has 2 unspecified atom stereocenters. The monoisotopic (exact) mass is 250 g/mol. The maximum Gasteiger partial charge on any atom is 0.123 e. The van der Waals surface area contributed by atoms with E-state index >= 15 is 0 Å². The van der Waals surface area contributed by atoms with Gasteiger partial charge in [-0.25, -0.2) is 4.39 Å². The van der Waals surface area contributed by atoms with Crippen molar-refractivity contribution in [2.24, 2.45) is 5.73 Å². The molecule has 2 atom stereocenters. The number of nitrogens with two attached hydrogens (primary N) is 1. The van der Waals surface area contributed by atoms with Crippen molar-refractivity contribution in [2.45, 2.75) is 51.2 Å². The van der Waals surface area contributed by atoms with Gasteiger partial charge < -0.3 is 5.73 Å². The van der Waals surface area contributed by atoms with Crippen molar-refractivity contribution in [3.8, 4) is 0 Å². The molecule has 3 heteroatoms. The van der Waals surface area contributed by atoms with Crippen LogP contribution in [0.5, 0.6) is 0 Å². The summed E-state index contributed by atoms with van der Waals surface area (Å²) in [7, 11) is 0. The number of nitrogens with zero attached hydrogens (tertiary/aromatic N) is 1. The number of rotatable bonds is 3. The predicted molar refractivity (Wildman–Crippen MR) is 72.8 cm³/mol. The van der Waals surface area contributed by atoms with Crippen LogP contribution in [0.1, 0.15) is 45.2 Å². The Morgan fingerprint density at radius 2 is 1.89 bits per heavy atom. The molecule has 1 aromatic carbocycles. The highest BCUT2D eigenvalue weighted by Crippen LogP contribution is 2.37. The average molecular weight is 250 g/mol. The Bertz CT molecular complexity index is 397. The molecule has 2 nitrogen and oxygen atoms in total. The molecule has 1 fully saturated rings. The first kappa shape index (κ1) is 13.5. The highest BCUT2D eigenvalue weighted by atomic mass is 19.1. The number of hydrogen-bond acceptors (Lipinski definition) is 2. The molecule has 1 saturated heterocycles. The zero-order valence-corrected chi connectivity index (χ0v) is 11.5. The lowest BCUT2D eigenvalue weighted by Gasteiger charge is -2.40. The van der Waals surface area contributed by atoms with E-state index < -0.39 is 0 Å². The van der Waals surface area contributed by atoms with Crippen molar-refractivity contribution < 1.29 is 4.39 Å². The summed E-state index contributed by atoms with van der Waals surface area (Å²) in [5.41, 5.74) is 7.46. The zero-order chi connectivity index (χ0) is 13.3. The minimum Gasteiger partial charge on any atom is -0.326 e. The third kappa shape index (κ3) is 2.57. The van der Waals surface area contributed by atoms with Gasteiger partial charge in [0.25, 0.3) is 0 Å². The van der Waals surface area contributed by atoms with Gasteiger partial charge in [0.05, 0.1) is 6.04 Å². The largest absolute Gasteiger partial charge is 0.326 e. The summed E-state index contributed by atoms with van der Waals surface area (Å²) >= 11 is 0. The first-order valence-corrected chi connectivity index (χ1v) is 6.69. The van der Waals surface area contributed by atoms with E-state index in [0.717, 1.165) is 12.1 Å². The van der Waals surface area contributed by atoms with E-state index in [2.05, 4.69) is 18.7 Å². The highest BCUT2D eigenvalue weighted by Gasteiger charge is 2.38. The molecule has 0 spiro atoms. The molecule has 1 aliphatic rings. The zero-order valence-electron chi connectivity index (χ0n) is 11.5. The molecule has 100 valence electrons. The molecule has 18 heavy (non-hydrogen) atoms. The van der Waals surface area contributed by atoms with Gasteiger partial charge in [-0.05, 0) is 57.9 Å². The van der Waals surface area contributed by atoms with Gasteiger partial charge in [-0.1, -0.05) is 12.1 Å². The second-order valence-electron chi connectivity index (χ2n) is 5.96. The summed E-state index contributed by atoms with van der Waals surface area (Å²) in [5.74, 6) is -0.192. The van der Waals surface area contributed by atoms with Crippen LogP contribution in [-0.2, 0) is 0 Å². The topological polar surface area (TPSA) is 29.3 Å². The van der Waals surface area contributed by atoms with Gasteiger partial charge in [0.1, 0.15) is 5.82 Å². The van der Waals surface area contributed by atoms with Crippen molar-refractivity contribution in [3.63, 3.8) is 0 Å². The lowest BCUT2D eigenvalue weighted by molar-refractivity contribution is 0.101. The predicted octanol–water partition coefficient (Wildman–Crippen LogP) is 3.09. The molecule has 2 rings (SSSR count). The minimum absolute atomic E-state index is 0.0350. The van der Waals surface area contributed by atoms with Crippen LogP contribution in [0.25, 0.3) is 0 Å². The smallest absolute Gasteiger partial charge is 0.123 e. The molecule has 0 bridgehead atoms. The summed E-state index contributed by atoms with van der Waals surface area (Å²) in [6.07, 6.45) is 2.40. The van der Waals surface area contributed by atoms with Gasteiger partial charge in [-0.2, -0.15) is 0 Å². The van der Waals surface area contributed by atoms with Crippen molar-refractivity contribution in [2.75, 3.05) is 6.54 Å². The Hall–Kier alpha value is -0.930. The Balaban J connectivity index is 2.31. The van der Waals surface area contributed by atoms with Crippen molar-refractivity contribution >= 4 is 0 Å². The molecule has 0 radical (unpaired) electrons. The van der Waals surface area contributed by atoms with Gasteiger partial charge in [-0.3, -0.25) is 4.90 Å². The fraction of sp³-hybridized carbons (Fsp3) is 0.600. The van der Waals surface area contributed by atoms with E-state index in [1.807, 2.05) is 19.1 Å². The Morgan fingerprint density at radius 1 is 1.28 bits per heavy atom. The molecule has 0 aromatic heterocycles. The van der Waals surface area contributed by atoms with Crippen LogP contribution < -0.4 is 5.73 Å². The summed E-state index contributed by atoms with van der Waals surface area (Å²) < 4.78 is 13.0. The van der Waals surface area contributed by atoms with Crippen LogP contribution in [-0.4, -0.2) is 23.0 Å². The van der Waals surface area contributed by atoms with Crippen molar-refractivity contribution in [3.05, 3.63) is 35.6 Å². The van der Waals surface area contributed by atoms with Crippen LogP contribution in [0.4, 0.5) is 4.39 Å². The number of likely N-dealkylation sites (tertiary alicyclic amines) is 1. The maximum absolute atomic E-state index is 13.0. The van der Waals surface area contributed by atoms with Gasteiger partial charge in [0.15, 0.2) is 0 Å². The quantitative estimate of drug-likeness (QED) is 0.893. The molecular weight excluding hydrogens is 227 g/mol. The summed E-state index contributed by atoms with van der Waals surface area (Å²) in [6.45, 7) is 7.62. The van der Waals surface area contributed by atoms with Crippen LogP contribution in [0.15, 0.2) is 24.3 Å². The Morgan fingerprint density at radius 3 is 2.33 bits per heavy atom. The fourth-order valence-electron chi connectivity index (χ4n) is 3.07. The van der Waals surface area contributed by atoms with Crippen LogP contribution >= 0.6 is 0 Å². The second-order valence-corrected chi connectivity index (χ2v) is 5.96. The van der Waals surface area contributed by atoms with E-state index in [0.29, 0.717) is 0 Å². The standard InChI is InChI=1S/C15H23FN2/c1-11(17)14(12-5-7-13(16)8-6-12)18-10-4-9-15(18,2)3/h5-8,11,14H,4,9-10,17H2,1-3H3. The average Bonchev–Trinajstić information content (AvgIpc) is 2.62. The third-order valence-corrected chi connectivity index (χ3v) is 4.01. The summed E-state index contributed by atoms with van der Waals surface area (Å²) in [6, 6.07) is 6.97. The first-order valence-electron chi connectivity index (χ1n) is 6.69. The lowest BCUT2D eigenvalue weighted by Crippen LogP contribution is -2.47. The van der Waals surface area contributed by atoms with Gasteiger partial charge in [-0.15, -0.1) is 0 Å². The summed E-state index contributed by atoms with van der Waals surface area (Å²) in [5, 5.41) is 0. The van der Waals surface area contributed by atoms with E-state index in [1.54, 1.807) is 0 Å². The number of hydrogen-bond donors (Lipinski definition) is 1.